The third-order valence-corrected chi connectivity index (χ3v) is 5.80. The van der Waals surface area contributed by atoms with Crippen LogP contribution < -0.4 is 11.1 Å². The summed E-state index contributed by atoms with van der Waals surface area (Å²) in [6.45, 7) is 5.44. The molecular weight excluding hydrogens is 354 g/mol. The number of hydrogen-bond acceptors (Lipinski definition) is 5. The molecule has 1 unspecified atom stereocenters. The molecule has 3 N–H and O–H groups in total. The number of carbonyl (C=O) groups is 2. The number of nitrogens with two attached hydrogens (primary N) is 1. The fourth-order valence-electron chi connectivity index (χ4n) is 2.75. The topological polar surface area (TPSA) is 110 Å². The van der Waals surface area contributed by atoms with Gasteiger partial charge in [-0.05, 0) is 18.8 Å². The molecule has 1 aliphatic heterocycles. The number of piperidine rings is 1. The Hall–Kier alpha value is -0.860. The van der Waals surface area contributed by atoms with Crippen LogP contribution in [-0.2, 0) is 19.4 Å². The number of nitrogens with one attached hydrogen (secondary N) is 1. The van der Waals surface area contributed by atoms with Gasteiger partial charge >= 0.3 is 0 Å². The van der Waals surface area contributed by atoms with Crippen LogP contribution in [0.3, 0.4) is 0 Å². The van der Waals surface area contributed by atoms with Gasteiger partial charge in [0.25, 0.3) is 0 Å². The average Bonchev–Trinajstić information content (AvgIpc) is 2.49. The van der Waals surface area contributed by atoms with E-state index in [1.807, 2.05) is 13.8 Å². The second-order valence-corrected chi connectivity index (χ2v) is 8.75. The first kappa shape index (κ1) is 23.1. The summed E-state index contributed by atoms with van der Waals surface area (Å²) in [6, 6.07) is 0. The predicted octanol–water partition coefficient (Wildman–Crippen LogP) is 0.183. The number of likely N-dealkylation sites (tertiary alicyclic amines) is 1. The zero-order valence-electron chi connectivity index (χ0n) is 14.5. The first-order chi connectivity index (χ1) is 10.7. The maximum atomic E-state index is 12.2. The third-order valence-electron chi connectivity index (χ3n) is 3.80. The lowest BCUT2D eigenvalue weighted by molar-refractivity contribution is -0.135. The summed E-state index contributed by atoms with van der Waals surface area (Å²) in [7, 11) is -3.20. The van der Waals surface area contributed by atoms with Gasteiger partial charge in [0.1, 0.15) is 0 Å². The van der Waals surface area contributed by atoms with E-state index in [0.29, 0.717) is 26.2 Å². The average molecular weight is 384 g/mol. The summed E-state index contributed by atoms with van der Waals surface area (Å²) in [5, 5.41) is 2.74. The van der Waals surface area contributed by atoms with Gasteiger partial charge in [0.15, 0.2) is 9.84 Å². The summed E-state index contributed by atoms with van der Waals surface area (Å²) in [4.78, 5) is 25.8. The van der Waals surface area contributed by atoms with Crippen molar-refractivity contribution in [2.45, 2.75) is 33.1 Å². The van der Waals surface area contributed by atoms with Gasteiger partial charge in [0.2, 0.25) is 11.8 Å². The van der Waals surface area contributed by atoms with Gasteiger partial charge in [-0.25, -0.2) is 8.42 Å². The Bertz CT molecular complexity index is 511. The molecule has 142 valence electrons. The highest BCUT2D eigenvalue weighted by atomic mass is 35.5. The van der Waals surface area contributed by atoms with Crippen LogP contribution in [-0.4, -0.2) is 62.8 Å². The smallest absolute Gasteiger partial charge is 0.224 e. The molecule has 0 aromatic carbocycles. The van der Waals surface area contributed by atoms with E-state index >= 15 is 0 Å². The van der Waals surface area contributed by atoms with E-state index in [0.717, 1.165) is 12.8 Å². The van der Waals surface area contributed by atoms with Crippen molar-refractivity contribution in [1.29, 1.82) is 0 Å². The van der Waals surface area contributed by atoms with Gasteiger partial charge in [-0.1, -0.05) is 13.8 Å². The van der Waals surface area contributed by atoms with Gasteiger partial charge in [-0.15, -0.1) is 12.4 Å². The number of amides is 2. The van der Waals surface area contributed by atoms with Crippen LogP contribution in [0, 0.1) is 11.8 Å². The Morgan fingerprint density at radius 1 is 1.33 bits per heavy atom. The highest BCUT2D eigenvalue weighted by Gasteiger charge is 2.28. The van der Waals surface area contributed by atoms with Crippen molar-refractivity contribution in [1.82, 2.24) is 10.2 Å². The van der Waals surface area contributed by atoms with Crippen molar-refractivity contribution in [3.63, 3.8) is 0 Å². The van der Waals surface area contributed by atoms with E-state index in [9.17, 15) is 18.0 Å². The minimum atomic E-state index is -3.20. The molecule has 0 aromatic rings. The number of nitrogens with zero attached hydrogens (tertiary/aromatic N) is 1. The fourth-order valence-corrected chi connectivity index (χ4v) is 4.42. The largest absolute Gasteiger partial charge is 0.355 e. The van der Waals surface area contributed by atoms with Crippen molar-refractivity contribution < 1.29 is 18.0 Å². The highest BCUT2D eigenvalue weighted by Crippen LogP contribution is 2.17. The summed E-state index contributed by atoms with van der Waals surface area (Å²) in [5.41, 5.74) is 5.36. The molecule has 1 atom stereocenters. The quantitative estimate of drug-likeness (QED) is 0.621. The SMILES string of the molecule is CC(C)CS(=O)(=O)CCC(=O)N1CCCC(C(=O)NCCN)C1.Cl. The molecule has 24 heavy (non-hydrogen) atoms. The van der Waals surface area contributed by atoms with Crippen molar-refractivity contribution in [3.8, 4) is 0 Å². The second kappa shape index (κ2) is 10.9. The van der Waals surface area contributed by atoms with Crippen molar-refractivity contribution in [2.75, 3.05) is 37.7 Å². The summed E-state index contributed by atoms with van der Waals surface area (Å²) in [6.07, 6.45) is 1.49. The summed E-state index contributed by atoms with van der Waals surface area (Å²) >= 11 is 0. The van der Waals surface area contributed by atoms with Crippen molar-refractivity contribution in [3.05, 3.63) is 0 Å². The molecule has 2 amide bonds. The van der Waals surface area contributed by atoms with Gasteiger partial charge in [-0.2, -0.15) is 0 Å². The van der Waals surface area contributed by atoms with Crippen LogP contribution in [0.15, 0.2) is 0 Å². The Kier molecular flexibility index (Phi) is 10.5. The normalized spacial score (nSPS) is 18.2. The second-order valence-electron chi connectivity index (χ2n) is 6.52. The number of rotatable bonds is 8. The minimum Gasteiger partial charge on any atom is -0.355 e. The first-order valence-corrected chi connectivity index (χ1v) is 10.0. The van der Waals surface area contributed by atoms with Crippen LogP contribution in [0.5, 0.6) is 0 Å². The summed E-state index contributed by atoms with van der Waals surface area (Å²) < 4.78 is 23.7. The van der Waals surface area contributed by atoms with Gasteiger partial charge < -0.3 is 16.0 Å². The molecule has 0 bridgehead atoms. The zero-order chi connectivity index (χ0) is 17.5. The van der Waals surface area contributed by atoms with E-state index in [-0.39, 0.29) is 54.0 Å². The standard InChI is InChI=1S/C15H29N3O4S.ClH/c1-12(2)11-23(21,22)9-5-14(19)18-8-3-4-13(10-18)15(20)17-7-6-16;/h12-13H,3-11,16H2,1-2H3,(H,17,20);1H. The van der Waals surface area contributed by atoms with E-state index in [2.05, 4.69) is 5.32 Å². The monoisotopic (exact) mass is 383 g/mol. The molecule has 0 radical (unpaired) electrons. The first-order valence-electron chi connectivity index (χ1n) is 8.21. The van der Waals surface area contributed by atoms with E-state index < -0.39 is 9.84 Å². The molecule has 0 aliphatic carbocycles. The Morgan fingerprint density at radius 3 is 2.58 bits per heavy atom. The van der Waals surface area contributed by atoms with Gasteiger partial charge in [0.05, 0.1) is 17.4 Å². The number of hydrogen-bond donors (Lipinski definition) is 2. The van der Waals surface area contributed by atoms with Crippen LogP contribution >= 0.6 is 12.4 Å². The number of carbonyl (C=O) groups excluding carboxylic acids is 2. The number of sulfone groups is 1. The van der Waals surface area contributed by atoms with E-state index in [1.165, 1.54) is 0 Å². The Morgan fingerprint density at radius 2 is 2.00 bits per heavy atom. The van der Waals surface area contributed by atoms with E-state index in [4.69, 9.17) is 5.73 Å². The van der Waals surface area contributed by atoms with Crippen LogP contribution in [0.25, 0.3) is 0 Å². The molecule has 1 fully saturated rings. The third kappa shape index (κ3) is 8.30. The maximum Gasteiger partial charge on any atom is 0.224 e. The van der Waals surface area contributed by atoms with Gasteiger partial charge in [-0.3, -0.25) is 9.59 Å². The lowest BCUT2D eigenvalue weighted by Gasteiger charge is -2.32. The molecular formula is C15H30ClN3O4S. The van der Waals surface area contributed by atoms with Crippen molar-refractivity contribution in [2.24, 2.45) is 17.6 Å². The Labute approximate surface area is 151 Å². The Balaban J connectivity index is 0.00000529. The lowest BCUT2D eigenvalue weighted by atomic mass is 9.97. The highest BCUT2D eigenvalue weighted by molar-refractivity contribution is 7.91. The predicted molar refractivity (Wildman–Crippen MR) is 96.7 cm³/mol. The minimum absolute atomic E-state index is 0. The fraction of sp³-hybridized carbons (Fsp3) is 0.867. The molecule has 9 heteroatoms. The van der Waals surface area contributed by atoms with E-state index in [1.54, 1.807) is 4.90 Å². The molecule has 7 nitrogen and oxygen atoms in total. The van der Waals surface area contributed by atoms with Crippen LogP contribution in [0.1, 0.15) is 33.1 Å². The lowest BCUT2D eigenvalue weighted by Crippen LogP contribution is -2.46. The molecule has 1 saturated heterocycles. The molecule has 0 aromatic heterocycles. The molecule has 1 rings (SSSR count). The molecule has 0 saturated carbocycles. The van der Waals surface area contributed by atoms with Gasteiger partial charge in [0, 0.05) is 32.6 Å². The van der Waals surface area contributed by atoms with Crippen LogP contribution in [0.2, 0.25) is 0 Å². The van der Waals surface area contributed by atoms with Crippen molar-refractivity contribution >= 4 is 34.1 Å². The zero-order valence-corrected chi connectivity index (χ0v) is 16.1. The maximum absolute atomic E-state index is 12.2. The molecule has 1 aliphatic rings. The van der Waals surface area contributed by atoms with Crippen LogP contribution in [0.4, 0.5) is 0 Å². The summed E-state index contributed by atoms with van der Waals surface area (Å²) in [5.74, 6) is -0.462. The molecule has 0 spiro atoms. The molecule has 1 heterocycles. The number of halogens is 1.